The van der Waals surface area contributed by atoms with E-state index in [4.69, 9.17) is 5.73 Å². The second-order valence-corrected chi connectivity index (χ2v) is 2.46. The van der Waals surface area contributed by atoms with E-state index in [-0.39, 0.29) is 24.4 Å². The Morgan fingerprint density at radius 2 is 2.25 bits per heavy atom. The van der Waals surface area contributed by atoms with Crippen LogP contribution in [0, 0.1) is 0 Å². The molecule has 4 heteroatoms. The Morgan fingerprint density at radius 3 is 2.67 bits per heavy atom. The molecule has 1 atom stereocenters. The average Bonchev–Trinajstić information content (AvgIpc) is 2.00. The van der Waals surface area contributed by atoms with Crippen LogP contribution in [0.3, 0.4) is 0 Å². The fourth-order valence-electron chi connectivity index (χ4n) is 0.575. The summed E-state index contributed by atoms with van der Waals surface area (Å²) in [5, 5.41) is 2.71. The van der Waals surface area contributed by atoms with Crippen LogP contribution in [0.1, 0.15) is 20.3 Å². The fraction of sp³-hybridized carbons (Fsp3) is 0.625. The van der Waals surface area contributed by atoms with Crippen molar-refractivity contribution in [2.24, 2.45) is 5.73 Å². The van der Waals surface area contributed by atoms with Gasteiger partial charge in [-0.15, -0.1) is 12.4 Å². The van der Waals surface area contributed by atoms with Crippen LogP contribution < -0.4 is 11.1 Å². The smallest absolute Gasteiger partial charge is 0.243 e. The zero-order chi connectivity index (χ0) is 8.69. The van der Waals surface area contributed by atoms with E-state index >= 15 is 0 Å². The topological polar surface area (TPSA) is 55.1 Å². The maximum absolute atomic E-state index is 10.9. The highest BCUT2D eigenvalue weighted by Gasteiger charge is 1.99. The van der Waals surface area contributed by atoms with Crippen molar-refractivity contribution in [1.29, 1.82) is 0 Å². The minimum Gasteiger partial charge on any atom is -0.349 e. The van der Waals surface area contributed by atoms with E-state index in [0.717, 1.165) is 6.42 Å². The molecule has 72 valence electrons. The molecule has 1 amide bonds. The summed E-state index contributed by atoms with van der Waals surface area (Å²) >= 11 is 0. The molecule has 0 saturated carbocycles. The number of nitrogens with one attached hydrogen (secondary N) is 1. The van der Waals surface area contributed by atoms with Gasteiger partial charge >= 0.3 is 0 Å². The number of hydrogen-bond donors (Lipinski definition) is 2. The van der Waals surface area contributed by atoms with E-state index < -0.39 is 0 Å². The fourth-order valence-corrected chi connectivity index (χ4v) is 0.575. The zero-order valence-corrected chi connectivity index (χ0v) is 8.36. The van der Waals surface area contributed by atoms with E-state index in [9.17, 15) is 4.79 Å². The summed E-state index contributed by atoms with van der Waals surface area (Å²) in [5.41, 5.74) is 5.31. The number of amides is 1. The lowest BCUT2D eigenvalue weighted by atomic mass is 10.3. The lowest BCUT2D eigenvalue weighted by Gasteiger charge is -2.07. The predicted octanol–water partition coefficient (Wildman–Crippen LogP) is 0.838. The summed E-state index contributed by atoms with van der Waals surface area (Å²) in [7, 11) is 0. The van der Waals surface area contributed by atoms with Crippen molar-refractivity contribution in [3.63, 3.8) is 0 Å². The van der Waals surface area contributed by atoms with Gasteiger partial charge in [0.2, 0.25) is 5.91 Å². The minimum absolute atomic E-state index is 0. The third kappa shape index (κ3) is 7.57. The standard InChI is InChI=1S/C8H16N2O.ClH/c1-3-4-5-8(11)10-7(2)6-9;/h4-5,7H,3,6,9H2,1-2H3,(H,10,11);1H/b5-4+;/t7-;/m0./s1. The molecular weight excluding hydrogens is 176 g/mol. The molecule has 0 rings (SSSR count). The molecule has 0 unspecified atom stereocenters. The second-order valence-electron chi connectivity index (χ2n) is 2.46. The van der Waals surface area contributed by atoms with E-state index in [1.807, 2.05) is 19.9 Å². The van der Waals surface area contributed by atoms with Crippen LogP contribution in [0.2, 0.25) is 0 Å². The van der Waals surface area contributed by atoms with E-state index in [1.54, 1.807) is 0 Å². The molecule has 0 aliphatic carbocycles. The predicted molar refractivity (Wildman–Crippen MR) is 53.3 cm³/mol. The molecule has 0 aromatic heterocycles. The number of carbonyl (C=O) groups excluding carboxylic acids is 1. The van der Waals surface area contributed by atoms with Gasteiger partial charge in [0, 0.05) is 12.6 Å². The largest absolute Gasteiger partial charge is 0.349 e. The molecule has 0 aliphatic rings. The van der Waals surface area contributed by atoms with Crippen molar-refractivity contribution in [3.05, 3.63) is 12.2 Å². The number of carbonyl (C=O) groups is 1. The third-order valence-electron chi connectivity index (χ3n) is 1.25. The molecule has 0 aromatic carbocycles. The van der Waals surface area contributed by atoms with Crippen LogP contribution in [0.5, 0.6) is 0 Å². The van der Waals surface area contributed by atoms with Crippen molar-refractivity contribution in [2.45, 2.75) is 26.3 Å². The molecule has 0 fully saturated rings. The second kappa shape index (κ2) is 8.56. The molecule has 0 aromatic rings. The van der Waals surface area contributed by atoms with Gasteiger partial charge in [0.05, 0.1) is 0 Å². The Bertz CT molecular complexity index is 148. The van der Waals surface area contributed by atoms with Crippen molar-refractivity contribution < 1.29 is 4.79 Å². The molecule has 0 radical (unpaired) electrons. The van der Waals surface area contributed by atoms with Crippen molar-refractivity contribution in [2.75, 3.05) is 6.54 Å². The Morgan fingerprint density at radius 1 is 1.67 bits per heavy atom. The Balaban J connectivity index is 0. The van der Waals surface area contributed by atoms with Gasteiger partial charge in [-0.1, -0.05) is 13.0 Å². The molecule has 12 heavy (non-hydrogen) atoms. The molecule has 3 nitrogen and oxygen atoms in total. The number of nitrogens with two attached hydrogens (primary N) is 1. The van der Waals surface area contributed by atoms with Gasteiger partial charge in [-0.05, 0) is 19.4 Å². The van der Waals surface area contributed by atoms with Crippen molar-refractivity contribution in [3.8, 4) is 0 Å². The van der Waals surface area contributed by atoms with Gasteiger partial charge in [-0.2, -0.15) is 0 Å². The van der Waals surface area contributed by atoms with Gasteiger partial charge in [0.15, 0.2) is 0 Å². The van der Waals surface area contributed by atoms with Crippen LogP contribution >= 0.6 is 12.4 Å². The Labute approximate surface area is 79.8 Å². The molecule has 3 N–H and O–H groups in total. The van der Waals surface area contributed by atoms with Crippen LogP contribution in [-0.2, 0) is 4.79 Å². The van der Waals surface area contributed by atoms with Crippen LogP contribution in [0.25, 0.3) is 0 Å². The van der Waals surface area contributed by atoms with Crippen LogP contribution in [0.15, 0.2) is 12.2 Å². The first-order valence-corrected chi connectivity index (χ1v) is 3.87. The maximum atomic E-state index is 10.9. The Hall–Kier alpha value is -0.540. The monoisotopic (exact) mass is 192 g/mol. The number of halogens is 1. The number of allylic oxidation sites excluding steroid dienone is 1. The quantitative estimate of drug-likeness (QED) is 0.649. The van der Waals surface area contributed by atoms with Gasteiger partial charge < -0.3 is 11.1 Å². The first-order chi connectivity index (χ1) is 5.20. The number of hydrogen-bond acceptors (Lipinski definition) is 2. The van der Waals surface area contributed by atoms with E-state index in [0.29, 0.717) is 6.54 Å². The summed E-state index contributed by atoms with van der Waals surface area (Å²) in [6, 6.07) is 0.0593. The number of rotatable bonds is 4. The lowest BCUT2D eigenvalue weighted by Crippen LogP contribution is -2.36. The van der Waals surface area contributed by atoms with Crippen LogP contribution in [0.4, 0.5) is 0 Å². The molecule has 0 aliphatic heterocycles. The van der Waals surface area contributed by atoms with Gasteiger partial charge in [0.1, 0.15) is 0 Å². The molecule has 0 heterocycles. The molecule has 0 spiro atoms. The average molecular weight is 193 g/mol. The summed E-state index contributed by atoms with van der Waals surface area (Å²) < 4.78 is 0. The van der Waals surface area contributed by atoms with Gasteiger partial charge in [-0.3, -0.25) is 4.79 Å². The molecule has 0 saturated heterocycles. The first kappa shape index (κ1) is 14.0. The van der Waals surface area contributed by atoms with E-state index in [2.05, 4.69) is 5.32 Å². The van der Waals surface area contributed by atoms with Crippen molar-refractivity contribution >= 4 is 18.3 Å². The highest BCUT2D eigenvalue weighted by Crippen LogP contribution is 1.81. The van der Waals surface area contributed by atoms with Gasteiger partial charge in [0.25, 0.3) is 0 Å². The van der Waals surface area contributed by atoms with E-state index in [1.165, 1.54) is 6.08 Å². The highest BCUT2D eigenvalue weighted by atomic mass is 35.5. The van der Waals surface area contributed by atoms with Crippen molar-refractivity contribution in [1.82, 2.24) is 5.32 Å². The maximum Gasteiger partial charge on any atom is 0.243 e. The summed E-state index contributed by atoms with van der Waals surface area (Å²) in [4.78, 5) is 10.9. The van der Waals surface area contributed by atoms with Gasteiger partial charge in [-0.25, -0.2) is 0 Å². The first-order valence-electron chi connectivity index (χ1n) is 3.87. The summed E-state index contributed by atoms with van der Waals surface area (Å²) in [5.74, 6) is -0.0650. The minimum atomic E-state index is -0.0650. The Kier molecular flexibility index (Phi) is 9.99. The molecular formula is C8H17ClN2O. The highest BCUT2D eigenvalue weighted by molar-refractivity contribution is 5.87. The SMILES string of the molecule is CC/C=C/C(=O)N[C@@H](C)CN.Cl. The molecule has 0 bridgehead atoms. The third-order valence-corrected chi connectivity index (χ3v) is 1.25. The lowest BCUT2D eigenvalue weighted by molar-refractivity contribution is -0.117. The zero-order valence-electron chi connectivity index (χ0n) is 7.54. The van der Waals surface area contributed by atoms with Crippen LogP contribution in [-0.4, -0.2) is 18.5 Å². The normalized spacial score (nSPS) is 12.2. The summed E-state index contributed by atoms with van der Waals surface area (Å²) in [6.45, 7) is 4.33. The summed E-state index contributed by atoms with van der Waals surface area (Å²) in [6.07, 6.45) is 4.23.